The van der Waals surface area contributed by atoms with E-state index in [1.165, 1.54) is 4.90 Å². The molecule has 0 aromatic heterocycles. The average Bonchev–Trinajstić information content (AvgIpc) is 2.17. The predicted octanol–water partition coefficient (Wildman–Crippen LogP) is 0.638. The molecular formula is C8H16N4O3S. The van der Waals surface area contributed by atoms with Crippen LogP contribution in [0.25, 0.3) is 0 Å². The maximum absolute atomic E-state index is 11.2. The van der Waals surface area contributed by atoms with Crippen LogP contribution in [0.15, 0.2) is 4.99 Å². The number of ether oxygens (including phenoxy) is 1. The fraction of sp³-hybridized carbons (Fsp3) is 0.625. The summed E-state index contributed by atoms with van der Waals surface area (Å²) < 4.78 is 7.42. The third-order valence-corrected chi connectivity index (χ3v) is 1.67. The second kappa shape index (κ2) is 7.80. The quantitative estimate of drug-likeness (QED) is 0.427. The summed E-state index contributed by atoms with van der Waals surface area (Å²) in [6.07, 6.45) is 1.70. The summed E-state index contributed by atoms with van der Waals surface area (Å²) >= 11 is 1.13. The average molecular weight is 248 g/mol. The third-order valence-electron chi connectivity index (χ3n) is 1.28. The van der Waals surface area contributed by atoms with E-state index in [1.54, 1.807) is 27.3 Å². The molecule has 0 heterocycles. The van der Waals surface area contributed by atoms with Crippen molar-refractivity contribution < 1.29 is 14.3 Å². The minimum Gasteiger partial charge on any atom is -0.465 e. The van der Waals surface area contributed by atoms with Crippen LogP contribution in [-0.2, 0) is 4.74 Å². The Hall–Kier alpha value is -1.44. The predicted molar refractivity (Wildman–Crippen MR) is 63.3 cm³/mol. The molecule has 0 spiro atoms. The van der Waals surface area contributed by atoms with Crippen molar-refractivity contribution >= 4 is 30.0 Å². The van der Waals surface area contributed by atoms with Crippen molar-refractivity contribution in [1.82, 2.24) is 14.9 Å². The zero-order valence-corrected chi connectivity index (χ0v) is 10.6. The molecule has 0 radical (unpaired) electrons. The van der Waals surface area contributed by atoms with Crippen LogP contribution in [0.2, 0.25) is 0 Å². The van der Waals surface area contributed by atoms with E-state index in [1.807, 2.05) is 0 Å². The minimum atomic E-state index is -0.507. The van der Waals surface area contributed by atoms with Gasteiger partial charge in [0.05, 0.1) is 6.61 Å². The lowest BCUT2D eigenvalue weighted by Crippen LogP contribution is -2.38. The van der Waals surface area contributed by atoms with Gasteiger partial charge in [0.15, 0.2) is 0 Å². The molecule has 0 aromatic rings. The number of aliphatic imine (C=N–C) groups is 1. The first-order chi connectivity index (χ1) is 7.51. The number of nitrogens with one attached hydrogen (secondary N) is 2. The molecule has 0 saturated carbocycles. The Kier molecular flexibility index (Phi) is 7.10. The summed E-state index contributed by atoms with van der Waals surface area (Å²) in [5.74, 6) is 0. The van der Waals surface area contributed by atoms with E-state index in [2.05, 4.69) is 15.0 Å². The second-order valence-electron chi connectivity index (χ2n) is 2.79. The Labute approximate surface area is 98.7 Å². The number of urea groups is 2. The monoisotopic (exact) mass is 248 g/mol. The molecule has 2 N–H and O–H groups in total. The van der Waals surface area contributed by atoms with Gasteiger partial charge in [-0.2, -0.15) is 0 Å². The molecule has 92 valence electrons. The molecule has 0 atom stereocenters. The number of hydrogen-bond donors (Lipinski definition) is 2. The molecule has 0 aliphatic rings. The molecule has 0 bridgehead atoms. The van der Waals surface area contributed by atoms with E-state index in [4.69, 9.17) is 4.74 Å². The highest BCUT2D eigenvalue weighted by molar-refractivity contribution is 7.97. The van der Waals surface area contributed by atoms with Gasteiger partial charge in [0.2, 0.25) is 0 Å². The van der Waals surface area contributed by atoms with Gasteiger partial charge in [-0.05, 0) is 6.92 Å². The van der Waals surface area contributed by atoms with Crippen molar-refractivity contribution in [2.75, 3.05) is 27.0 Å². The molecule has 0 unspecified atom stereocenters. The first kappa shape index (κ1) is 14.6. The largest absolute Gasteiger partial charge is 0.465 e. The van der Waals surface area contributed by atoms with E-state index in [0.29, 0.717) is 6.61 Å². The van der Waals surface area contributed by atoms with Crippen molar-refractivity contribution in [3.63, 3.8) is 0 Å². The highest BCUT2D eigenvalue weighted by Gasteiger charge is 2.09. The Morgan fingerprint density at radius 1 is 1.44 bits per heavy atom. The highest BCUT2D eigenvalue weighted by atomic mass is 32.2. The maximum Gasteiger partial charge on any atom is 0.347 e. The molecule has 16 heavy (non-hydrogen) atoms. The van der Waals surface area contributed by atoms with E-state index in [-0.39, 0.29) is 6.02 Å². The van der Waals surface area contributed by atoms with E-state index < -0.39 is 12.1 Å². The van der Waals surface area contributed by atoms with Gasteiger partial charge in [0, 0.05) is 20.4 Å². The zero-order chi connectivity index (χ0) is 12.6. The first-order valence-corrected chi connectivity index (χ1v) is 5.76. The molecule has 7 nitrogen and oxygen atoms in total. The Balaban J connectivity index is 4.48. The van der Waals surface area contributed by atoms with Crippen LogP contribution < -0.4 is 10.0 Å². The number of amidine groups is 1. The van der Waals surface area contributed by atoms with Crippen LogP contribution >= 0.6 is 11.9 Å². The number of carbonyl (C=O) groups excluding carboxylic acids is 2. The minimum absolute atomic E-state index is 0.118. The summed E-state index contributed by atoms with van der Waals surface area (Å²) in [4.78, 5) is 27.3. The number of hydrogen-bond acceptors (Lipinski definition) is 4. The van der Waals surface area contributed by atoms with Crippen LogP contribution in [0.4, 0.5) is 9.59 Å². The van der Waals surface area contributed by atoms with E-state index in [9.17, 15) is 9.59 Å². The van der Waals surface area contributed by atoms with Crippen LogP contribution in [0, 0.1) is 0 Å². The summed E-state index contributed by atoms with van der Waals surface area (Å²) in [6, 6.07) is -1.12. The SMILES string of the molecule is CCOC(=NC(=O)N(C)C)NC(=O)NSC. The molecule has 0 rings (SSSR count). The summed E-state index contributed by atoms with van der Waals surface area (Å²) in [5, 5.41) is 2.31. The molecule has 0 fully saturated rings. The Morgan fingerprint density at radius 3 is 2.50 bits per heavy atom. The number of carbonyl (C=O) groups is 2. The van der Waals surface area contributed by atoms with Gasteiger partial charge in [-0.15, -0.1) is 4.99 Å². The standard InChI is InChI=1S/C8H16N4O3S/c1-5-15-7(9-6(13)11-16-4)10-8(14)12(2)3/h5H2,1-4H3,(H2,9,10,11,13,14). The van der Waals surface area contributed by atoms with Gasteiger partial charge in [0.1, 0.15) is 0 Å². The fourth-order valence-electron chi connectivity index (χ4n) is 0.635. The van der Waals surface area contributed by atoms with E-state index in [0.717, 1.165) is 11.9 Å². The molecule has 8 heteroatoms. The highest BCUT2D eigenvalue weighted by Crippen LogP contribution is 1.89. The van der Waals surface area contributed by atoms with Crippen molar-refractivity contribution in [1.29, 1.82) is 0 Å². The van der Waals surface area contributed by atoms with Gasteiger partial charge in [0.25, 0.3) is 0 Å². The first-order valence-electron chi connectivity index (χ1n) is 4.54. The van der Waals surface area contributed by atoms with Gasteiger partial charge >= 0.3 is 18.1 Å². The van der Waals surface area contributed by atoms with Crippen molar-refractivity contribution in [3.8, 4) is 0 Å². The molecule has 0 saturated heterocycles. The fourth-order valence-corrected chi connectivity index (χ4v) is 0.872. The lowest BCUT2D eigenvalue weighted by atomic mass is 10.8. The smallest absolute Gasteiger partial charge is 0.347 e. The van der Waals surface area contributed by atoms with Gasteiger partial charge in [-0.1, -0.05) is 11.9 Å². The normalized spacial score (nSPS) is 10.6. The number of rotatable bonds is 2. The summed E-state index contributed by atoms with van der Waals surface area (Å²) in [6.45, 7) is 2.03. The summed E-state index contributed by atoms with van der Waals surface area (Å²) in [5.41, 5.74) is 0. The maximum atomic E-state index is 11.2. The number of amides is 4. The van der Waals surface area contributed by atoms with Gasteiger partial charge < -0.3 is 9.64 Å². The molecule has 4 amide bonds. The van der Waals surface area contributed by atoms with Crippen molar-refractivity contribution in [3.05, 3.63) is 0 Å². The van der Waals surface area contributed by atoms with Crippen LogP contribution in [0.5, 0.6) is 0 Å². The van der Waals surface area contributed by atoms with Crippen LogP contribution in [0.3, 0.4) is 0 Å². The van der Waals surface area contributed by atoms with Crippen LogP contribution in [0.1, 0.15) is 6.92 Å². The lowest BCUT2D eigenvalue weighted by molar-refractivity contribution is 0.224. The molecule has 0 aliphatic carbocycles. The third kappa shape index (κ3) is 6.12. The Bertz CT molecular complexity index is 280. The molecule has 0 aliphatic heterocycles. The van der Waals surface area contributed by atoms with Crippen LogP contribution in [-0.4, -0.2) is 49.9 Å². The molecule has 0 aromatic carbocycles. The lowest BCUT2D eigenvalue weighted by Gasteiger charge is -2.10. The van der Waals surface area contributed by atoms with E-state index >= 15 is 0 Å². The second-order valence-corrected chi connectivity index (χ2v) is 3.40. The topological polar surface area (TPSA) is 83.0 Å². The van der Waals surface area contributed by atoms with Gasteiger partial charge in [-0.25, -0.2) is 9.59 Å². The van der Waals surface area contributed by atoms with Crippen molar-refractivity contribution in [2.24, 2.45) is 4.99 Å². The zero-order valence-electron chi connectivity index (χ0n) is 9.73. The summed E-state index contributed by atoms with van der Waals surface area (Å²) in [7, 11) is 3.11. The molecular weight excluding hydrogens is 232 g/mol. The Morgan fingerprint density at radius 2 is 2.06 bits per heavy atom. The van der Waals surface area contributed by atoms with Gasteiger partial charge in [-0.3, -0.25) is 10.0 Å². The van der Waals surface area contributed by atoms with Crippen molar-refractivity contribution in [2.45, 2.75) is 6.92 Å². The number of nitrogens with zero attached hydrogens (tertiary/aromatic N) is 2.